The van der Waals surface area contributed by atoms with Gasteiger partial charge >= 0.3 is 0 Å². The van der Waals surface area contributed by atoms with Gasteiger partial charge in [-0.05, 0) is 38.2 Å². The Balaban J connectivity index is 2.05. The Bertz CT molecular complexity index is 565. The van der Waals surface area contributed by atoms with Crippen LogP contribution in [0.25, 0.3) is 0 Å². The molecule has 2 rings (SSSR count). The summed E-state index contributed by atoms with van der Waals surface area (Å²) < 4.78 is 0. The molecule has 0 bridgehead atoms. The van der Waals surface area contributed by atoms with Crippen molar-refractivity contribution >= 4 is 11.9 Å². The lowest BCUT2D eigenvalue weighted by molar-refractivity contribution is -0.131. The molecule has 0 radical (unpaired) electrons. The monoisotopic (exact) mass is 287 g/mol. The van der Waals surface area contributed by atoms with Crippen LogP contribution in [-0.2, 0) is 11.2 Å². The number of carbonyl (C=O) groups is 1. The second-order valence-corrected chi connectivity index (χ2v) is 6.54. The molecule has 0 fully saturated rings. The Morgan fingerprint density at radius 1 is 1.38 bits per heavy atom. The minimum Gasteiger partial charge on any atom is -0.369 e. The third kappa shape index (κ3) is 3.43. The number of hydrogen-bond acceptors (Lipinski definition) is 3. The molecule has 1 atom stereocenters. The van der Waals surface area contributed by atoms with E-state index in [9.17, 15) is 4.79 Å². The van der Waals surface area contributed by atoms with Gasteiger partial charge in [0.05, 0.1) is 0 Å². The zero-order valence-corrected chi connectivity index (χ0v) is 13.4. The van der Waals surface area contributed by atoms with Gasteiger partial charge in [0, 0.05) is 6.54 Å². The summed E-state index contributed by atoms with van der Waals surface area (Å²) in [5.41, 5.74) is 7.72. The summed E-state index contributed by atoms with van der Waals surface area (Å²) in [6, 6.07) is 8.33. The Kier molecular flexibility index (Phi) is 4.35. The first-order chi connectivity index (χ1) is 9.82. The Morgan fingerprint density at radius 2 is 2.10 bits per heavy atom. The highest BCUT2D eigenvalue weighted by atomic mass is 16.2. The molecular formula is C17H25N3O. The van der Waals surface area contributed by atoms with E-state index in [2.05, 4.69) is 44.0 Å². The van der Waals surface area contributed by atoms with E-state index in [1.165, 1.54) is 11.1 Å². The van der Waals surface area contributed by atoms with Crippen LogP contribution in [0.2, 0.25) is 0 Å². The number of aliphatic imine (C=N–C) groups is 1. The predicted molar refractivity (Wildman–Crippen MR) is 86.1 cm³/mol. The summed E-state index contributed by atoms with van der Waals surface area (Å²) in [6.45, 7) is 8.74. The van der Waals surface area contributed by atoms with Gasteiger partial charge in [0.1, 0.15) is 5.54 Å². The molecule has 0 aliphatic carbocycles. The quantitative estimate of drug-likeness (QED) is 0.904. The van der Waals surface area contributed by atoms with Crippen molar-refractivity contribution in [1.29, 1.82) is 0 Å². The zero-order valence-electron chi connectivity index (χ0n) is 13.4. The molecular weight excluding hydrogens is 262 g/mol. The normalized spacial score (nSPS) is 22.0. The third-order valence-corrected chi connectivity index (χ3v) is 3.86. The number of aryl methyl sites for hydroxylation is 1. The standard InChI is InChI=1S/C17H25N3O/c1-12(2)11-17(4)15(21)20(16(18)19-17)9-8-14-7-5-6-13(3)10-14/h5-7,10,12H,8-9,11H2,1-4H3,(H2,18,19). The summed E-state index contributed by atoms with van der Waals surface area (Å²) in [5, 5.41) is 0. The largest absolute Gasteiger partial charge is 0.369 e. The molecule has 1 unspecified atom stereocenters. The fourth-order valence-electron chi connectivity index (χ4n) is 3.01. The molecule has 0 spiro atoms. The van der Waals surface area contributed by atoms with Gasteiger partial charge in [-0.25, -0.2) is 4.99 Å². The smallest absolute Gasteiger partial charge is 0.257 e. The van der Waals surface area contributed by atoms with Crippen molar-refractivity contribution in [3.63, 3.8) is 0 Å². The molecule has 4 nitrogen and oxygen atoms in total. The van der Waals surface area contributed by atoms with Crippen molar-refractivity contribution < 1.29 is 4.79 Å². The molecule has 114 valence electrons. The molecule has 1 amide bonds. The van der Waals surface area contributed by atoms with Gasteiger partial charge in [-0.2, -0.15) is 0 Å². The number of guanidine groups is 1. The molecule has 4 heteroatoms. The van der Waals surface area contributed by atoms with E-state index in [1.807, 2.05) is 13.0 Å². The van der Waals surface area contributed by atoms with E-state index in [0.717, 1.165) is 12.8 Å². The van der Waals surface area contributed by atoms with Crippen LogP contribution in [0.1, 0.15) is 38.3 Å². The van der Waals surface area contributed by atoms with Crippen LogP contribution in [0.5, 0.6) is 0 Å². The molecule has 0 saturated carbocycles. The number of benzene rings is 1. The number of hydrogen-bond donors (Lipinski definition) is 1. The number of nitrogens with zero attached hydrogens (tertiary/aromatic N) is 2. The summed E-state index contributed by atoms with van der Waals surface area (Å²) in [6.07, 6.45) is 1.52. The lowest BCUT2D eigenvalue weighted by atomic mass is 9.91. The lowest BCUT2D eigenvalue weighted by Crippen LogP contribution is -2.44. The number of amides is 1. The molecule has 1 aromatic rings. The van der Waals surface area contributed by atoms with Crippen LogP contribution in [-0.4, -0.2) is 28.9 Å². The van der Waals surface area contributed by atoms with Crippen molar-refractivity contribution in [3.05, 3.63) is 35.4 Å². The second kappa shape index (κ2) is 5.88. The molecule has 2 N–H and O–H groups in total. The summed E-state index contributed by atoms with van der Waals surface area (Å²) in [7, 11) is 0. The Labute approximate surface area is 127 Å². The van der Waals surface area contributed by atoms with Crippen LogP contribution in [0, 0.1) is 12.8 Å². The van der Waals surface area contributed by atoms with Crippen LogP contribution in [0.4, 0.5) is 0 Å². The molecule has 1 aliphatic rings. The van der Waals surface area contributed by atoms with Crippen molar-refractivity contribution in [2.75, 3.05) is 6.54 Å². The average molecular weight is 287 g/mol. The van der Waals surface area contributed by atoms with Crippen molar-refractivity contribution in [1.82, 2.24) is 4.90 Å². The summed E-state index contributed by atoms with van der Waals surface area (Å²) >= 11 is 0. The molecule has 1 aromatic carbocycles. The van der Waals surface area contributed by atoms with Crippen LogP contribution < -0.4 is 5.73 Å². The van der Waals surface area contributed by atoms with E-state index < -0.39 is 5.54 Å². The van der Waals surface area contributed by atoms with Gasteiger partial charge in [0.25, 0.3) is 5.91 Å². The van der Waals surface area contributed by atoms with Gasteiger partial charge in [-0.15, -0.1) is 0 Å². The average Bonchev–Trinajstić information content (AvgIpc) is 2.57. The molecule has 1 heterocycles. The first-order valence-electron chi connectivity index (χ1n) is 7.54. The van der Waals surface area contributed by atoms with Crippen LogP contribution >= 0.6 is 0 Å². The number of carbonyl (C=O) groups excluding carboxylic acids is 1. The van der Waals surface area contributed by atoms with E-state index >= 15 is 0 Å². The fourth-order valence-corrected chi connectivity index (χ4v) is 3.01. The maximum absolute atomic E-state index is 12.6. The fraction of sp³-hybridized carbons (Fsp3) is 0.529. The maximum Gasteiger partial charge on any atom is 0.257 e. The topological polar surface area (TPSA) is 58.7 Å². The highest BCUT2D eigenvalue weighted by Crippen LogP contribution is 2.28. The van der Waals surface area contributed by atoms with Gasteiger partial charge in [0.15, 0.2) is 5.96 Å². The Morgan fingerprint density at radius 3 is 2.71 bits per heavy atom. The van der Waals surface area contributed by atoms with Gasteiger partial charge in [0.2, 0.25) is 0 Å². The summed E-state index contributed by atoms with van der Waals surface area (Å²) in [5.74, 6) is 0.796. The lowest BCUT2D eigenvalue weighted by Gasteiger charge is -2.23. The predicted octanol–water partition coefficient (Wildman–Crippen LogP) is 2.50. The Hall–Kier alpha value is -1.84. The number of nitrogens with two attached hydrogens (primary N) is 1. The van der Waals surface area contributed by atoms with E-state index in [-0.39, 0.29) is 5.91 Å². The highest BCUT2D eigenvalue weighted by molar-refractivity contribution is 6.06. The van der Waals surface area contributed by atoms with E-state index in [4.69, 9.17) is 5.73 Å². The van der Waals surface area contributed by atoms with E-state index in [1.54, 1.807) is 4.90 Å². The van der Waals surface area contributed by atoms with Gasteiger partial charge in [-0.3, -0.25) is 9.69 Å². The number of rotatable bonds is 5. The molecule has 0 saturated heterocycles. The molecule has 21 heavy (non-hydrogen) atoms. The molecule has 1 aliphatic heterocycles. The summed E-state index contributed by atoms with van der Waals surface area (Å²) in [4.78, 5) is 18.6. The van der Waals surface area contributed by atoms with Crippen molar-refractivity contribution in [2.45, 2.75) is 46.1 Å². The van der Waals surface area contributed by atoms with Crippen LogP contribution in [0.15, 0.2) is 29.3 Å². The SMILES string of the molecule is Cc1cccc(CCN2C(=O)C(C)(CC(C)C)N=C2N)c1. The molecule has 0 aromatic heterocycles. The van der Waals surface area contributed by atoms with Crippen LogP contribution in [0.3, 0.4) is 0 Å². The first kappa shape index (κ1) is 15.5. The maximum atomic E-state index is 12.6. The zero-order chi connectivity index (χ0) is 15.6. The minimum atomic E-state index is -0.690. The van der Waals surface area contributed by atoms with Crippen molar-refractivity contribution in [3.8, 4) is 0 Å². The second-order valence-electron chi connectivity index (χ2n) is 6.54. The van der Waals surface area contributed by atoms with Gasteiger partial charge in [-0.1, -0.05) is 43.7 Å². The van der Waals surface area contributed by atoms with E-state index in [0.29, 0.717) is 18.4 Å². The minimum absolute atomic E-state index is 0.0290. The third-order valence-electron chi connectivity index (χ3n) is 3.86. The van der Waals surface area contributed by atoms with Gasteiger partial charge < -0.3 is 5.73 Å². The highest BCUT2D eigenvalue weighted by Gasteiger charge is 2.43. The van der Waals surface area contributed by atoms with Crippen molar-refractivity contribution in [2.24, 2.45) is 16.6 Å². The first-order valence-corrected chi connectivity index (χ1v) is 7.54.